The van der Waals surface area contributed by atoms with Crippen molar-refractivity contribution in [1.82, 2.24) is 4.90 Å². The van der Waals surface area contributed by atoms with Gasteiger partial charge in [0.25, 0.3) is 5.69 Å². The minimum Gasteiger partial charge on any atom is -0.396 e. The maximum atomic E-state index is 10.8. The van der Waals surface area contributed by atoms with E-state index in [9.17, 15) is 15.2 Å². The van der Waals surface area contributed by atoms with Crippen LogP contribution in [0.15, 0.2) is 18.2 Å². The van der Waals surface area contributed by atoms with Gasteiger partial charge in [0.2, 0.25) is 0 Å². The Morgan fingerprint density at radius 2 is 2.25 bits per heavy atom. The predicted molar refractivity (Wildman–Crippen MR) is 74.8 cm³/mol. The van der Waals surface area contributed by atoms with E-state index in [0.717, 1.165) is 0 Å². The lowest BCUT2D eigenvalue weighted by Crippen LogP contribution is -2.52. The number of nitrogens with zero attached hydrogens (tertiary/aromatic N) is 2. The normalized spacial score (nSPS) is 17.0. The summed E-state index contributed by atoms with van der Waals surface area (Å²) in [5.41, 5.74) is 0.514. The molecule has 1 aromatic carbocycles. The number of nitro benzene ring substituents is 1. The number of halogens is 1. The zero-order chi connectivity index (χ0) is 14.8. The first kappa shape index (κ1) is 15.2. The fourth-order valence-corrected chi connectivity index (χ4v) is 2.52. The van der Waals surface area contributed by atoms with Crippen LogP contribution in [0, 0.1) is 15.5 Å². The maximum Gasteiger partial charge on any atom is 0.269 e. The van der Waals surface area contributed by atoms with Crippen LogP contribution >= 0.6 is 11.6 Å². The lowest BCUT2D eigenvalue weighted by Gasteiger charge is -2.42. The van der Waals surface area contributed by atoms with Crippen molar-refractivity contribution in [2.24, 2.45) is 5.41 Å². The van der Waals surface area contributed by atoms with Gasteiger partial charge >= 0.3 is 0 Å². The van der Waals surface area contributed by atoms with Crippen molar-refractivity contribution >= 4 is 17.3 Å². The molecule has 0 aliphatic carbocycles. The zero-order valence-corrected chi connectivity index (χ0v) is 12.0. The molecule has 0 aromatic heterocycles. The van der Waals surface area contributed by atoms with E-state index in [0.29, 0.717) is 36.9 Å². The van der Waals surface area contributed by atoms with Crippen molar-refractivity contribution in [3.8, 4) is 0 Å². The molecule has 20 heavy (non-hydrogen) atoms. The monoisotopic (exact) mass is 300 g/mol. The summed E-state index contributed by atoms with van der Waals surface area (Å²) in [7, 11) is 1.89. The highest BCUT2D eigenvalue weighted by Crippen LogP contribution is 2.29. The summed E-state index contributed by atoms with van der Waals surface area (Å²) in [6, 6.07) is 4.42. The summed E-state index contributed by atoms with van der Waals surface area (Å²) in [6.45, 7) is 2.29. The van der Waals surface area contributed by atoms with Crippen LogP contribution in [0.3, 0.4) is 0 Å². The molecule has 1 aromatic rings. The molecular formula is C13H17ClN2O4. The smallest absolute Gasteiger partial charge is 0.269 e. The molecule has 6 nitrogen and oxygen atoms in total. The summed E-state index contributed by atoms with van der Waals surface area (Å²) in [5, 5.41) is 20.7. The van der Waals surface area contributed by atoms with Gasteiger partial charge in [0, 0.05) is 30.2 Å². The number of benzene rings is 1. The molecule has 110 valence electrons. The topological polar surface area (TPSA) is 75.8 Å². The summed E-state index contributed by atoms with van der Waals surface area (Å²) in [6.07, 6.45) is 0. The van der Waals surface area contributed by atoms with Crippen molar-refractivity contribution in [1.29, 1.82) is 0 Å². The average molecular weight is 301 g/mol. The quantitative estimate of drug-likeness (QED) is 0.639. The molecule has 1 aliphatic rings. The lowest BCUT2D eigenvalue weighted by molar-refractivity contribution is -0.384. The van der Waals surface area contributed by atoms with E-state index >= 15 is 0 Å². The second-order valence-electron chi connectivity index (χ2n) is 5.36. The summed E-state index contributed by atoms with van der Waals surface area (Å²) < 4.78 is 5.15. The van der Waals surface area contributed by atoms with Crippen molar-refractivity contribution in [3.05, 3.63) is 38.9 Å². The third-order valence-corrected chi connectivity index (χ3v) is 3.81. The molecule has 1 N–H and O–H groups in total. The number of aliphatic hydroxyl groups is 1. The van der Waals surface area contributed by atoms with E-state index in [2.05, 4.69) is 0 Å². The summed E-state index contributed by atoms with van der Waals surface area (Å²) in [5.74, 6) is 0. The zero-order valence-electron chi connectivity index (χ0n) is 11.2. The van der Waals surface area contributed by atoms with Crippen LogP contribution in [0.5, 0.6) is 0 Å². The number of hydrogen-bond donors (Lipinski definition) is 1. The van der Waals surface area contributed by atoms with E-state index in [-0.39, 0.29) is 17.7 Å². The first-order chi connectivity index (χ1) is 9.46. The molecule has 0 radical (unpaired) electrons. The van der Waals surface area contributed by atoms with Gasteiger partial charge in [0.15, 0.2) is 0 Å². The largest absolute Gasteiger partial charge is 0.396 e. The van der Waals surface area contributed by atoms with Crippen LogP contribution in [-0.2, 0) is 11.3 Å². The molecule has 1 heterocycles. The molecule has 7 heteroatoms. The molecule has 0 spiro atoms. The molecule has 1 saturated heterocycles. The molecule has 0 amide bonds. The van der Waals surface area contributed by atoms with Gasteiger partial charge in [-0.1, -0.05) is 11.6 Å². The molecule has 0 saturated carbocycles. The van der Waals surface area contributed by atoms with E-state index in [1.54, 1.807) is 0 Å². The molecule has 2 rings (SSSR count). The van der Waals surface area contributed by atoms with Gasteiger partial charge < -0.3 is 14.7 Å². The van der Waals surface area contributed by atoms with Gasteiger partial charge in [-0.05, 0) is 18.7 Å². The first-order valence-corrected chi connectivity index (χ1v) is 6.63. The minimum absolute atomic E-state index is 0.0293. The molecule has 1 fully saturated rings. The SMILES string of the molecule is CN(Cc1cc([N+](=O)[O-])ccc1Cl)CC1(CO)COC1. The predicted octanol–water partition coefficient (Wildman–Crippen LogP) is 1.69. The van der Waals surface area contributed by atoms with Crippen molar-refractivity contribution in [2.75, 3.05) is 33.4 Å². The second-order valence-corrected chi connectivity index (χ2v) is 5.76. The maximum absolute atomic E-state index is 10.8. The highest BCUT2D eigenvalue weighted by atomic mass is 35.5. The standard InChI is InChI=1S/C13H17ClN2O4/c1-15(6-13(7-17)8-20-9-13)5-10-4-11(16(18)19)2-3-12(10)14/h2-4,17H,5-9H2,1H3. The Labute approximate surface area is 122 Å². The number of hydrogen-bond acceptors (Lipinski definition) is 5. The number of ether oxygens (including phenoxy) is 1. The number of aliphatic hydroxyl groups excluding tert-OH is 1. The van der Waals surface area contributed by atoms with Gasteiger partial charge in [0.1, 0.15) is 0 Å². The van der Waals surface area contributed by atoms with Gasteiger partial charge in [-0.25, -0.2) is 0 Å². The highest BCUT2D eigenvalue weighted by Gasteiger charge is 2.38. The fraction of sp³-hybridized carbons (Fsp3) is 0.538. The van der Waals surface area contributed by atoms with Crippen LogP contribution in [0.4, 0.5) is 5.69 Å². The lowest BCUT2D eigenvalue weighted by atomic mass is 9.86. The summed E-state index contributed by atoms with van der Waals surface area (Å²) >= 11 is 6.07. The molecule has 0 atom stereocenters. The Morgan fingerprint density at radius 1 is 1.55 bits per heavy atom. The van der Waals surface area contributed by atoms with E-state index in [4.69, 9.17) is 16.3 Å². The van der Waals surface area contributed by atoms with Gasteiger partial charge in [-0.2, -0.15) is 0 Å². The van der Waals surface area contributed by atoms with Gasteiger partial charge in [-0.15, -0.1) is 0 Å². The van der Waals surface area contributed by atoms with E-state index in [1.165, 1.54) is 18.2 Å². The minimum atomic E-state index is -0.436. The number of non-ortho nitro benzene ring substituents is 1. The average Bonchev–Trinajstić information content (AvgIpc) is 2.36. The number of nitro groups is 1. The Bertz CT molecular complexity index is 500. The van der Waals surface area contributed by atoms with E-state index in [1.807, 2.05) is 11.9 Å². The van der Waals surface area contributed by atoms with Crippen LogP contribution in [0.1, 0.15) is 5.56 Å². The third kappa shape index (κ3) is 3.27. The summed E-state index contributed by atoms with van der Waals surface area (Å²) in [4.78, 5) is 12.3. The Kier molecular flexibility index (Phi) is 4.59. The van der Waals surface area contributed by atoms with Crippen LogP contribution in [-0.4, -0.2) is 48.3 Å². The Hall–Kier alpha value is -1.21. The van der Waals surface area contributed by atoms with Crippen molar-refractivity contribution in [2.45, 2.75) is 6.54 Å². The van der Waals surface area contributed by atoms with Crippen LogP contribution in [0.25, 0.3) is 0 Å². The molecular weight excluding hydrogens is 284 g/mol. The van der Waals surface area contributed by atoms with E-state index < -0.39 is 4.92 Å². The Morgan fingerprint density at radius 3 is 2.75 bits per heavy atom. The van der Waals surface area contributed by atoms with Gasteiger partial charge in [-0.3, -0.25) is 10.1 Å². The first-order valence-electron chi connectivity index (χ1n) is 6.26. The van der Waals surface area contributed by atoms with Crippen LogP contribution in [0.2, 0.25) is 5.02 Å². The van der Waals surface area contributed by atoms with Gasteiger partial charge in [0.05, 0.1) is 30.2 Å². The molecule has 0 bridgehead atoms. The van der Waals surface area contributed by atoms with Crippen molar-refractivity contribution < 1.29 is 14.8 Å². The Balaban J connectivity index is 2.05. The number of rotatable bonds is 6. The van der Waals surface area contributed by atoms with Crippen LogP contribution < -0.4 is 0 Å². The molecule has 1 aliphatic heterocycles. The molecule has 0 unspecified atom stereocenters. The third-order valence-electron chi connectivity index (χ3n) is 3.44. The fourth-order valence-electron chi connectivity index (χ4n) is 2.34. The highest BCUT2D eigenvalue weighted by molar-refractivity contribution is 6.31. The second kappa shape index (κ2) is 6.05. The van der Waals surface area contributed by atoms with Crippen molar-refractivity contribution in [3.63, 3.8) is 0 Å².